The normalized spacial score (nSPS) is 11.4. The second-order valence-corrected chi connectivity index (χ2v) is 7.30. The van der Waals surface area contributed by atoms with Gasteiger partial charge in [-0.3, -0.25) is 9.59 Å². The SMILES string of the molecule is CC[C@H](C)c1ccc(NC(=O)COC(=O)c2ccccc2C(=O)c2ccccc2)cc1. The molecule has 158 valence electrons. The predicted molar refractivity (Wildman–Crippen MR) is 120 cm³/mol. The van der Waals surface area contributed by atoms with Crippen LogP contribution in [-0.2, 0) is 9.53 Å². The van der Waals surface area contributed by atoms with Crippen molar-refractivity contribution in [3.8, 4) is 0 Å². The monoisotopic (exact) mass is 415 g/mol. The second kappa shape index (κ2) is 10.3. The lowest BCUT2D eigenvalue weighted by molar-refractivity contribution is -0.119. The summed E-state index contributed by atoms with van der Waals surface area (Å²) in [5.41, 5.74) is 2.67. The van der Waals surface area contributed by atoms with Gasteiger partial charge in [0.05, 0.1) is 5.56 Å². The Morgan fingerprint density at radius 3 is 2.10 bits per heavy atom. The van der Waals surface area contributed by atoms with E-state index in [2.05, 4.69) is 19.2 Å². The van der Waals surface area contributed by atoms with Crippen molar-refractivity contribution in [2.24, 2.45) is 0 Å². The van der Waals surface area contributed by atoms with Crippen molar-refractivity contribution in [2.75, 3.05) is 11.9 Å². The number of rotatable bonds is 8. The molecule has 5 heteroatoms. The van der Waals surface area contributed by atoms with E-state index in [-0.39, 0.29) is 16.9 Å². The molecule has 31 heavy (non-hydrogen) atoms. The zero-order valence-electron chi connectivity index (χ0n) is 17.6. The van der Waals surface area contributed by atoms with E-state index in [4.69, 9.17) is 4.74 Å². The Morgan fingerprint density at radius 1 is 0.839 bits per heavy atom. The van der Waals surface area contributed by atoms with Gasteiger partial charge < -0.3 is 10.1 Å². The number of carbonyl (C=O) groups excluding carboxylic acids is 3. The van der Waals surface area contributed by atoms with Crippen LogP contribution in [0.4, 0.5) is 5.69 Å². The number of nitrogens with one attached hydrogen (secondary N) is 1. The first-order valence-electron chi connectivity index (χ1n) is 10.2. The molecule has 0 aliphatic carbocycles. The van der Waals surface area contributed by atoms with E-state index in [0.29, 0.717) is 17.2 Å². The van der Waals surface area contributed by atoms with Crippen molar-refractivity contribution in [1.29, 1.82) is 0 Å². The van der Waals surface area contributed by atoms with Crippen molar-refractivity contribution in [1.82, 2.24) is 0 Å². The van der Waals surface area contributed by atoms with E-state index in [1.807, 2.05) is 30.3 Å². The van der Waals surface area contributed by atoms with E-state index in [9.17, 15) is 14.4 Å². The first-order chi connectivity index (χ1) is 15.0. The number of hydrogen-bond donors (Lipinski definition) is 1. The van der Waals surface area contributed by atoms with Crippen LogP contribution in [0.3, 0.4) is 0 Å². The molecule has 0 bridgehead atoms. The maximum absolute atomic E-state index is 12.8. The smallest absolute Gasteiger partial charge is 0.339 e. The van der Waals surface area contributed by atoms with Crippen LogP contribution in [0.1, 0.15) is 58.0 Å². The van der Waals surface area contributed by atoms with Crippen molar-refractivity contribution >= 4 is 23.3 Å². The maximum atomic E-state index is 12.8. The number of ether oxygens (including phenoxy) is 1. The molecule has 0 aromatic heterocycles. The Balaban J connectivity index is 1.62. The lowest BCUT2D eigenvalue weighted by Crippen LogP contribution is -2.22. The highest BCUT2D eigenvalue weighted by atomic mass is 16.5. The number of ketones is 1. The molecular weight excluding hydrogens is 390 g/mol. The van der Waals surface area contributed by atoms with Gasteiger partial charge in [-0.05, 0) is 36.1 Å². The number of hydrogen-bond acceptors (Lipinski definition) is 4. The predicted octanol–water partition coefficient (Wildman–Crippen LogP) is 5.23. The third-order valence-corrected chi connectivity index (χ3v) is 5.14. The highest BCUT2D eigenvalue weighted by Crippen LogP contribution is 2.20. The Labute approximate surface area is 182 Å². The van der Waals surface area contributed by atoms with Gasteiger partial charge in [-0.25, -0.2) is 4.79 Å². The molecule has 0 spiro atoms. The van der Waals surface area contributed by atoms with Gasteiger partial charge in [0.25, 0.3) is 5.91 Å². The number of amides is 1. The summed E-state index contributed by atoms with van der Waals surface area (Å²) in [4.78, 5) is 37.5. The van der Waals surface area contributed by atoms with Gasteiger partial charge in [-0.2, -0.15) is 0 Å². The highest BCUT2D eigenvalue weighted by molar-refractivity contribution is 6.14. The van der Waals surface area contributed by atoms with Gasteiger partial charge in [0.15, 0.2) is 12.4 Å². The van der Waals surface area contributed by atoms with Crippen molar-refractivity contribution in [3.63, 3.8) is 0 Å². The van der Waals surface area contributed by atoms with Crippen LogP contribution in [0.5, 0.6) is 0 Å². The van der Waals surface area contributed by atoms with Gasteiger partial charge in [0.1, 0.15) is 0 Å². The number of carbonyl (C=O) groups is 3. The number of anilines is 1. The summed E-state index contributed by atoms with van der Waals surface area (Å²) in [6, 6.07) is 22.7. The summed E-state index contributed by atoms with van der Waals surface area (Å²) in [5, 5.41) is 2.71. The lowest BCUT2D eigenvalue weighted by Gasteiger charge is -2.11. The van der Waals surface area contributed by atoms with E-state index < -0.39 is 18.5 Å². The van der Waals surface area contributed by atoms with Gasteiger partial charge in [-0.15, -0.1) is 0 Å². The molecule has 0 heterocycles. The zero-order chi connectivity index (χ0) is 22.2. The molecule has 0 saturated carbocycles. The first kappa shape index (κ1) is 22.0. The number of benzene rings is 3. The molecule has 0 fully saturated rings. The molecular formula is C26H25NO4. The standard InChI is InChI=1S/C26H25NO4/c1-3-18(2)19-13-15-21(16-14-19)27-24(28)17-31-26(30)23-12-8-7-11-22(23)25(29)20-9-5-4-6-10-20/h4-16,18H,3,17H2,1-2H3,(H,27,28)/t18-/m0/s1. The summed E-state index contributed by atoms with van der Waals surface area (Å²) >= 11 is 0. The first-order valence-corrected chi connectivity index (χ1v) is 10.2. The third kappa shape index (κ3) is 5.66. The lowest BCUT2D eigenvalue weighted by atomic mass is 9.98. The molecule has 0 radical (unpaired) electrons. The maximum Gasteiger partial charge on any atom is 0.339 e. The van der Waals surface area contributed by atoms with Crippen molar-refractivity contribution in [3.05, 3.63) is 101 Å². The summed E-state index contributed by atoms with van der Waals surface area (Å²) in [6.45, 7) is 3.83. The average Bonchev–Trinajstić information content (AvgIpc) is 2.82. The minimum Gasteiger partial charge on any atom is -0.452 e. The molecule has 1 amide bonds. The van der Waals surface area contributed by atoms with Crippen molar-refractivity contribution in [2.45, 2.75) is 26.2 Å². The Kier molecular flexibility index (Phi) is 7.33. The Bertz CT molecular complexity index is 1060. The second-order valence-electron chi connectivity index (χ2n) is 7.30. The minimum absolute atomic E-state index is 0.127. The zero-order valence-corrected chi connectivity index (χ0v) is 17.6. The number of esters is 1. The highest BCUT2D eigenvalue weighted by Gasteiger charge is 2.19. The van der Waals surface area contributed by atoms with Gasteiger partial charge in [0.2, 0.25) is 0 Å². The fourth-order valence-corrected chi connectivity index (χ4v) is 3.14. The summed E-state index contributed by atoms with van der Waals surface area (Å²) < 4.78 is 5.16. The topological polar surface area (TPSA) is 72.5 Å². The molecule has 5 nitrogen and oxygen atoms in total. The Morgan fingerprint density at radius 2 is 1.45 bits per heavy atom. The third-order valence-electron chi connectivity index (χ3n) is 5.14. The molecule has 0 unspecified atom stereocenters. The molecule has 0 aliphatic rings. The van der Waals surface area contributed by atoms with Crippen LogP contribution in [0.2, 0.25) is 0 Å². The van der Waals surface area contributed by atoms with Crippen LogP contribution in [-0.4, -0.2) is 24.3 Å². The molecule has 1 N–H and O–H groups in total. The molecule has 3 rings (SSSR count). The van der Waals surface area contributed by atoms with Crippen LogP contribution in [0.15, 0.2) is 78.9 Å². The molecule has 3 aromatic rings. The molecule has 0 aliphatic heterocycles. The fourth-order valence-electron chi connectivity index (χ4n) is 3.14. The minimum atomic E-state index is -0.720. The molecule has 3 aromatic carbocycles. The average molecular weight is 415 g/mol. The summed E-state index contributed by atoms with van der Waals surface area (Å²) in [7, 11) is 0. The van der Waals surface area contributed by atoms with Crippen molar-refractivity contribution < 1.29 is 19.1 Å². The van der Waals surface area contributed by atoms with E-state index in [1.54, 1.807) is 42.5 Å². The summed E-state index contributed by atoms with van der Waals surface area (Å²) in [5.74, 6) is -0.998. The largest absolute Gasteiger partial charge is 0.452 e. The Hall–Kier alpha value is -3.73. The fraction of sp³-hybridized carbons (Fsp3) is 0.192. The van der Waals surface area contributed by atoms with Gasteiger partial charge >= 0.3 is 5.97 Å². The van der Waals surface area contributed by atoms with Crippen LogP contribution in [0.25, 0.3) is 0 Å². The van der Waals surface area contributed by atoms with Gasteiger partial charge in [0, 0.05) is 16.8 Å². The molecule has 0 saturated heterocycles. The quantitative estimate of drug-likeness (QED) is 0.404. The van der Waals surface area contributed by atoms with E-state index in [1.165, 1.54) is 11.6 Å². The summed E-state index contributed by atoms with van der Waals surface area (Å²) in [6.07, 6.45) is 1.04. The molecule has 1 atom stereocenters. The van der Waals surface area contributed by atoms with Crippen LogP contribution in [0, 0.1) is 0 Å². The van der Waals surface area contributed by atoms with Gasteiger partial charge in [-0.1, -0.05) is 74.5 Å². The van der Waals surface area contributed by atoms with Crippen LogP contribution >= 0.6 is 0 Å². The van der Waals surface area contributed by atoms with E-state index in [0.717, 1.165) is 6.42 Å². The van der Waals surface area contributed by atoms with E-state index >= 15 is 0 Å². The van der Waals surface area contributed by atoms with Crippen LogP contribution < -0.4 is 5.32 Å².